The molecule has 19 heavy (non-hydrogen) atoms. The van der Waals surface area contributed by atoms with Crippen LogP contribution in [0.1, 0.15) is 5.56 Å². The van der Waals surface area contributed by atoms with Gasteiger partial charge in [-0.1, -0.05) is 15.9 Å². The zero-order valence-electron chi connectivity index (χ0n) is 11.7. The predicted molar refractivity (Wildman–Crippen MR) is 92.9 cm³/mol. The summed E-state index contributed by atoms with van der Waals surface area (Å²) in [5.41, 5.74) is 0.685. The molecule has 1 rings (SSSR count). The van der Waals surface area contributed by atoms with Crippen LogP contribution in [0.25, 0.3) is 0 Å². The lowest BCUT2D eigenvalue weighted by atomic mass is 10.1. The van der Waals surface area contributed by atoms with E-state index in [-0.39, 0.29) is 29.8 Å². The molecule has 0 spiro atoms. The van der Waals surface area contributed by atoms with Gasteiger partial charge >= 0.3 is 0 Å². The van der Waals surface area contributed by atoms with E-state index in [4.69, 9.17) is 0 Å². The van der Waals surface area contributed by atoms with Crippen molar-refractivity contribution in [2.45, 2.75) is 6.42 Å². The molecule has 1 aromatic rings. The van der Waals surface area contributed by atoms with E-state index >= 15 is 0 Å². The van der Waals surface area contributed by atoms with E-state index in [1.807, 2.05) is 38.0 Å². The summed E-state index contributed by atoms with van der Waals surface area (Å²) in [6.45, 7) is 0.569. The van der Waals surface area contributed by atoms with E-state index in [9.17, 15) is 4.39 Å². The van der Waals surface area contributed by atoms with Crippen LogP contribution >= 0.6 is 39.9 Å². The predicted octanol–water partition coefficient (Wildman–Crippen LogP) is 3.23. The van der Waals surface area contributed by atoms with Crippen molar-refractivity contribution in [3.63, 3.8) is 0 Å². The summed E-state index contributed by atoms with van der Waals surface area (Å²) in [4.78, 5) is 8.36. The van der Waals surface area contributed by atoms with Gasteiger partial charge in [0, 0.05) is 39.2 Å². The minimum absolute atomic E-state index is 0. The van der Waals surface area contributed by atoms with Crippen molar-refractivity contribution in [2.24, 2.45) is 4.99 Å². The standard InChI is InChI=1S/C13H19BrFN3.HI/c1-17(2)13(18(3)4)16-8-7-10-9-11(14)5-6-12(10)15;/h5-6,9H,7-8H2,1-4H3;1H. The maximum atomic E-state index is 13.5. The van der Waals surface area contributed by atoms with Crippen LogP contribution in [-0.2, 0) is 6.42 Å². The van der Waals surface area contributed by atoms with Crippen LogP contribution in [0.2, 0.25) is 0 Å². The van der Waals surface area contributed by atoms with Crippen LogP contribution < -0.4 is 0 Å². The van der Waals surface area contributed by atoms with E-state index in [0.717, 1.165) is 10.4 Å². The van der Waals surface area contributed by atoms with Gasteiger partial charge in [-0.25, -0.2) is 4.39 Å². The molecule has 0 aromatic heterocycles. The monoisotopic (exact) mass is 443 g/mol. The number of guanidine groups is 1. The maximum Gasteiger partial charge on any atom is 0.195 e. The molecule has 108 valence electrons. The zero-order chi connectivity index (χ0) is 13.7. The van der Waals surface area contributed by atoms with E-state index in [2.05, 4.69) is 20.9 Å². The van der Waals surface area contributed by atoms with Crippen molar-refractivity contribution in [3.8, 4) is 0 Å². The summed E-state index contributed by atoms with van der Waals surface area (Å²) in [5.74, 6) is 0.704. The molecule has 0 fully saturated rings. The van der Waals surface area contributed by atoms with Crippen molar-refractivity contribution in [1.29, 1.82) is 0 Å². The highest BCUT2D eigenvalue weighted by Gasteiger charge is 2.05. The number of benzene rings is 1. The molecule has 6 heteroatoms. The number of nitrogens with zero attached hydrogens (tertiary/aromatic N) is 3. The van der Waals surface area contributed by atoms with Gasteiger partial charge in [0.05, 0.1) is 0 Å². The molecule has 0 aliphatic carbocycles. The van der Waals surface area contributed by atoms with E-state index in [1.165, 1.54) is 6.07 Å². The fraction of sp³-hybridized carbons (Fsp3) is 0.462. The molecule has 0 radical (unpaired) electrons. The molecule has 0 amide bonds. The fourth-order valence-corrected chi connectivity index (χ4v) is 2.10. The van der Waals surface area contributed by atoms with E-state index in [0.29, 0.717) is 18.5 Å². The Kier molecular flexibility index (Phi) is 8.56. The van der Waals surface area contributed by atoms with E-state index in [1.54, 1.807) is 12.1 Å². The Bertz CT molecular complexity index is 426. The highest BCUT2D eigenvalue weighted by Crippen LogP contribution is 2.16. The first kappa shape index (κ1) is 18.6. The van der Waals surface area contributed by atoms with Gasteiger partial charge < -0.3 is 9.80 Å². The molecule has 3 nitrogen and oxygen atoms in total. The summed E-state index contributed by atoms with van der Waals surface area (Å²) in [6.07, 6.45) is 0.594. The Balaban J connectivity index is 0.00000324. The first-order valence-corrected chi connectivity index (χ1v) is 6.54. The lowest BCUT2D eigenvalue weighted by Gasteiger charge is -2.22. The number of rotatable bonds is 3. The average Bonchev–Trinajstić information content (AvgIpc) is 2.27. The molecule has 0 atom stereocenters. The van der Waals surface area contributed by atoms with Gasteiger partial charge in [-0.15, -0.1) is 24.0 Å². The van der Waals surface area contributed by atoms with Crippen molar-refractivity contribution in [1.82, 2.24) is 9.80 Å². The van der Waals surface area contributed by atoms with Crippen molar-refractivity contribution in [3.05, 3.63) is 34.1 Å². The van der Waals surface area contributed by atoms with Gasteiger partial charge in [-0.05, 0) is 30.2 Å². The fourth-order valence-electron chi connectivity index (χ4n) is 1.69. The van der Waals surface area contributed by atoms with Gasteiger partial charge in [-0.3, -0.25) is 4.99 Å². The first-order valence-electron chi connectivity index (χ1n) is 5.75. The Morgan fingerprint density at radius 2 is 1.79 bits per heavy atom. The second-order valence-corrected chi connectivity index (χ2v) is 5.37. The normalized spacial score (nSPS) is 9.58. The van der Waals surface area contributed by atoms with Crippen molar-refractivity contribution in [2.75, 3.05) is 34.7 Å². The number of hydrogen-bond acceptors (Lipinski definition) is 1. The van der Waals surface area contributed by atoms with Crippen LogP contribution in [0.15, 0.2) is 27.7 Å². The molecule has 0 saturated heterocycles. The average molecular weight is 444 g/mol. The van der Waals surface area contributed by atoms with Gasteiger partial charge in [0.25, 0.3) is 0 Å². The lowest BCUT2D eigenvalue weighted by Crippen LogP contribution is -2.35. The van der Waals surface area contributed by atoms with Crippen LogP contribution in [0, 0.1) is 5.82 Å². The molecule has 0 bridgehead atoms. The minimum atomic E-state index is -0.176. The third kappa shape index (κ3) is 6.07. The van der Waals surface area contributed by atoms with Gasteiger partial charge in [0.15, 0.2) is 5.96 Å². The highest BCUT2D eigenvalue weighted by molar-refractivity contribution is 14.0. The third-order valence-electron chi connectivity index (χ3n) is 2.44. The molecule has 0 unspecified atom stereocenters. The molecule has 0 N–H and O–H groups in total. The Morgan fingerprint density at radius 1 is 1.21 bits per heavy atom. The lowest BCUT2D eigenvalue weighted by molar-refractivity contribution is 0.479. The highest BCUT2D eigenvalue weighted by atomic mass is 127. The molecule has 0 heterocycles. The molecular weight excluding hydrogens is 424 g/mol. The second kappa shape index (κ2) is 8.73. The molecular formula is C13H20BrFIN3. The Morgan fingerprint density at radius 3 is 2.32 bits per heavy atom. The second-order valence-electron chi connectivity index (χ2n) is 4.46. The largest absolute Gasteiger partial charge is 0.349 e. The number of aliphatic imine (C=N–C) groups is 1. The third-order valence-corrected chi connectivity index (χ3v) is 2.94. The van der Waals surface area contributed by atoms with Crippen LogP contribution in [0.5, 0.6) is 0 Å². The maximum absolute atomic E-state index is 13.5. The summed E-state index contributed by atoms with van der Waals surface area (Å²) in [5, 5.41) is 0. The number of hydrogen-bond donors (Lipinski definition) is 0. The first-order chi connectivity index (χ1) is 8.41. The van der Waals surface area contributed by atoms with E-state index < -0.39 is 0 Å². The van der Waals surface area contributed by atoms with Gasteiger partial charge in [-0.2, -0.15) is 0 Å². The molecule has 1 aromatic carbocycles. The number of halogens is 3. The summed E-state index contributed by atoms with van der Waals surface area (Å²) < 4.78 is 14.4. The van der Waals surface area contributed by atoms with Crippen molar-refractivity contribution >= 4 is 45.9 Å². The van der Waals surface area contributed by atoms with Crippen LogP contribution in [0.3, 0.4) is 0 Å². The summed E-state index contributed by atoms with van der Waals surface area (Å²) >= 11 is 3.34. The van der Waals surface area contributed by atoms with Crippen LogP contribution in [0.4, 0.5) is 4.39 Å². The minimum Gasteiger partial charge on any atom is -0.349 e. The molecule has 0 saturated carbocycles. The topological polar surface area (TPSA) is 18.8 Å². The molecule has 0 aliphatic heterocycles. The Hall–Kier alpha value is -0.370. The van der Waals surface area contributed by atoms with Gasteiger partial charge in [0.2, 0.25) is 0 Å². The Labute approximate surface area is 140 Å². The van der Waals surface area contributed by atoms with Crippen LogP contribution in [-0.4, -0.2) is 50.5 Å². The summed E-state index contributed by atoms with van der Waals surface area (Å²) in [7, 11) is 7.77. The zero-order valence-corrected chi connectivity index (χ0v) is 15.6. The van der Waals surface area contributed by atoms with Gasteiger partial charge in [0.1, 0.15) is 5.82 Å². The molecule has 0 aliphatic rings. The smallest absolute Gasteiger partial charge is 0.195 e. The SMILES string of the molecule is CN(C)C(=NCCc1cc(Br)ccc1F)N(C)C.I. The summed E-state index contributed by atoms with van der Waals surface area (Å²) in [6, 6.07) is 4.98. The van der Waals surface area contributed by atoms with Crippen molar-refractivity contribution < 1.29 is 4.39 Å². The quantitative estimate of drug-likeness (QED) is 0.405.